The third kappa shape index (κ3) is 11.5. The molecule has 1 unspecified atom stereocenters. The van der Waals surface area contributed by atoms with E-state index in [1.807, 2.05) is 0 Å². The molecule has 0 spiro atoms. The summed E-state index contributed by atoms with van der Waals surface area (Å²) in [6.07, 6.45) is -2.58. The number of nitrogens with zero attached hydrogens (tertiary/aromatic N) is 1. The zero-order chi connectivity index (χ0) is 20.7. The van der Waals surface area contributed by atoms with Gasteiger partial charge in [0.2, 0.25) is 0 Å². The van der Waals surface area contributed by atoms with E-state index in [-0.39, 0.29) is 13.2 Å². The summed E-state index contributed by atoms with van der Waals surface area (Å²) < 4.78 is 44.0. The number of carbonyl (C=O) groups is 1. The van der Waals surface area contributed by atoms with Crippen molar-refractivity contribution in [1.82, 2.24) is 4.90 Å². The molecule has 0 amide bonds. The van der Waals surface area contributed by atoms with Gasteiger partial charge in [0.05, 0.1) is 6.61 Å². The number of carbonyl (C=O) groups excluding carboxylic acids is 1. The SMILES string of the molecule is O=Cc1ccc(OCCOP(=O)(O)CN(CP(=O)(O)O)CP(=O)(O)O)cc1. The van der Waals surface area contributed by atoms with E-state index in [0.29, 0.717) is 22.5 Å². The lowest BCUT2D eigenvalue weighted by Gasteiger charge is -2.24. The summed E-state index contributed by atoms with van der Waals surface area (Å²) in [5.41, 5.74) is 0.439. The number of rotatable bonds is 12. The van der Waals surface area contributed by atoms with Crippen molar-refractivity contribution < 1.29 is 52.2 Å². The van der Waals surface area contributed by atoms with E-state index in [2.05, 4.69) is 0 Å². The Hall–Kier alpha value is -0.900. The van der Waals surface area contributed by atoms with Crippen LogP contribution in [0.5, 0.6) is 5.75 Å². The van der Waals surface area contributed by atoms with Gasteiger partial charge >= 0.3 is 22.8 Å². The molecular formula is C12H20NO11P3. The molecular weight excluding hydrogens is 427 g/mol. The van der Waals surface area contributed by atoms with Crippen LogP contribution < -0.4 is 4.74 Å². The topological polar surface area (TPSA) is 191 Å². The van der Waals surface area contributed by atoms with E-state index in [9.17, 15) is 23.4 Å². The van der Waals surface area contributed by atoms with E-state index >= 15 is 0 Å². The normalized spacial score (nSPS) is 14.7. The number of aldehydes is 1. The maximum atomic E-state index is 12.0. The van der Waals surface area contributed by atoms with E-state index < -0.39 is 41.6 Å². The fraction of sp³-hybridized carbons (Fsp3) is 0.417. The van der Waals surface area contributed by atoms with Crippen LogP contribution in [0.3, 0.4) is 0 Å². The second-order valence-corrected chi connectivity index (χ2v) is 10.5. The minimum absolute atomic E-state index is 0.151. The second-order valence-electron chi connectivity index (χ2n) is 5.43. The minimum Gasteiger partial charge on any atom is -0.491 e. The molecule has 0 aliphatic rings. The number of benzene rings is 1. The molecule has 1 atom stereocenters. The Balaban J connectivity index is 2.55. The minimum atomic E-state index is -4.73. The highest BCUT2D eigenvalue weighted by molar-refractivity contribution is 7.54. The van der Waals surface area contributed by atoms with Crippen LogP contribution in [-0.2, 0) is 18.2 Å². The highest BCUT2D eigenvalue weighted by Gasteiger charge is 2.32. The summed E-state index contributed by atoms with van der Waals surface area (Å²) in [4.78, 5) is 56.4. The summed E-state index contributed by atoms with van der Waals surface area (Å²) in [7, 11) is -13.9. The first-order chi connectivity index (χ1) is 12.3. The van der Waals surface area contributed by atoms with Gasteiger partial charge in [-0.05, 0) is 24.3 Å². The van der Waals surface area contributed by atoms with Gasteiger partial charge in [0.25, 0.3) is 0 Å². The first-order valence-corrected chi connectivity index (χ1v) is 12.6. The zero-order valence-electron chi connectivity index (χ0n) is 13.9. The molecule has 0 radical (unpaired) electrons. The molecule has 154 valence electrons. The largest absolute Gasteiger partial charge is 0.491 e. The first-order valence-electron chi connectivity index (χ1n) is 7.25. The molecule has 0 saturated heterocycles. The molecule has 0 fully saturated rings. The van der Waals surface area contributed by atoms with E-state index in [1.54, 1.807) is 0 Å². The third-order valence-corrected chi connectivity index (χ3v) is 5.69. The molecule has 12 nitrogen and oxygen atoms in total. The lowest BCUT2D eigenvalue weighted by molar-refractivity contribution is 0.112. The van der Waals surface area contributed by atoms with Gasteiger partial charge < -0.3 is 33.7 Å². The molecule has 0 aromatic heterocycles. The molecule has 5 N–H and O–H groups in total. The zero-order valence-corrected chi connectivity index (χ0v) is 16.6. The lowest BCUT2D eigenvalue weighted by atomic mass is 10.2. The van der Waals surface area contributed by atoms with Crippen molar-refractivity contribution in [2.24, 2.45) is 0 Å². The van der Waals surface area contributed by atoms with E-state index in [0.717, 1.165) is 0 Å². The van der Waals surface area contributed by atoms with Crippen LogP contribution in [0.1, 0.15) is 10.4 Å². The van der Waals surface area contributed by atoms with Gasteiger partial charge in [0.1, 0.15) is 37.5 Å². The maximum Gasteiger partial charge on any atom is 0.342 e. The van der Waals surface area contributed by atoms with Crippen molar-refractivity contribution in [3.05, 3.63) is 29.8 Å². The summed E-state index contributed by atoms with van der Waals surface area (Å²) in [5.74, 6) is 0.376. The number of hydrogen-bond acceptors (Lipinski definition) is 7. The Bertz CT molecular complexity index is 732. The van der Waals surface area contributed by atoms with Crippen molar-refractivity contribution in [2.75, 3.05) is 32.1 Å². The standard InChI is InChI=1S/C12H20NO11P3/c14-7-11-1-3-12(4-2-11)23-5-6-24-27(21,22)10-13(8-25(15,16)17)9-26(18,19)20/h1-4,7H,5-6,8-10H2,(H,21,22)(H2,15,16,17)(H2,18,19,20). The number of hydrogen-bond donors (Lipinski definition) is 5. The predicted molar refractivity (Wildman–Crippen MR) is 93.6 cm³/mol. The quantitative estimate of drug-likeness (QED) is 0.171. The molecule has 1 aromatic carbocycles. The van der Waals surface area contributed by atoms with E-state index in [4.69, 9.17) is 28.8 Å². The fourth-order valence-electron chi connectivity index (χ4n) is 1.93. The van der Waals surface area contributed by atoms with Crippen molar-refractivity contribution in [1.29, 1.82) is 0 Å². The fourth-order valence-corrected chi connectivity index (χ4v) is 4.99. The molecule has 27 heavy (non-hydrogen) atoms. The van der Waals surface area contributed by atoms with Gasteiger partial charge in [-0.2, -0.15) is 0 Å². The smallest absolute Gasteiger partial charge is 0.342 e. The van der Waals surface area contributed by atoms with Crippen LogP contribution in [0, 0.1) is 0 Å². The monoisotopic (exact) mass is 447 g/mol. The molecule has 0 aliphatic carbocycles. The molecule has 0 aliphatic heterocycles. The predicted octanol–water partition coefficient (Wildman–Crippen LogP) is 0.610. The van der Waals surface area contributed by atoms with Crippen LogP contribution in [0.25, 0.3) is 0 Å². The summed E-state index contributed by atoms with van der Waals surface area (Å²) in [6.45, 7) is -0.523. The summed E-state index contributed by atoms with van der Waals surface area (Å²) >= 11 is 0. The Morgan fingerprint density at radius 3 is 1.81 bits per heavy atom. The highest BCUT2D eigenvalue weighted by Crippen LogP contribution is 2.47. The Labute approximate surface area is 154 Å². The highest BCUT2D eigenvalue weighted by atomic mass is 31.2. The van der Waals surface area contributed by atoms with Crippen molar-refractivity contribution in [3.63, 3.8) is 0 Å². The van der Waals surface area contributed by atoms with Gasteiger partial charge in [-0.15, -0.1) is 0 Å². The lowest BCUT2D eigenvalue weighted by Crippen LogP contribution is -2.28. The van der Waals surface area contributed by atoms with E-state index in [1.165, 1.54) is 24.3 Å². The van der Waals surface area contributed by atoms with Crippen molar-refractivity contribution >= 4 is 29.1 Å². The molecule has 0 heterocycles. The maximum absolute atomic E-state index is 12.0. The van der Waals surface area contributed by atoms with Gasteiger partial charge in [-0.1, -0.05) is 0 Å². The van der Waals surface area contributed by atoms with Gasteiger partial charge in [0.15, 0.2) is 0 Å². The molecule has 0 bridgehead atoms. The van der Waals surface area contributed by atoms with Gasteiger partial charge in [0, 0.05) is 5.56 Å². The van der Waals surface area contributed by atoms with Crippen LogP contribution in [0.4, 0.5) is 0 Å². The number of ether oxygens (including phenoxy) is 1. The van der Waals surface area contributed by atoms with Crippen molar-refractivity contribution in [3.8, 4) is 5.75 Å². The third-order valence-electron chi connectivity index (χ3n) is 2.81. The Kier molecular flexibility index (Phi) is 8.98. The Morgan fingerprint density at radius 2 is 1.37 bits per heavy atom. The molecule has 1 aromatic rings. The van der Waals surface area contributed by atoms with Crippen molar-refractivity contribution in [2.45, 2.75) is 0 Å². The van der Waals surface area contributed by atoms with Crippen LogP contribution in [0.2, 0.25) is 0 Å². The van der Waals surface area contributed by atoms with Crippen LogP contribution >= 0.6 is 22.8 Å². The molecule has 15 heteroatoms. The average molecular weight is 447 g/mol. The van der Waals surface area contributed by atoms with Gasteiger partial charge in [-0.3, -0.25) is 23.4 Å². The van der Waals surface area contributed by atoms with Crippen LogP contribution in [0.15, 0.2) is 24.3 Å². The molecule has 0 saturated carbocycles. The first kappa shape index (κ1) is 24.1. The summed E-state index contributed by atoms with van der Waals surface area (Å²) in [5, 5.41) is 0. The van der Waals surface area contributed by atoms with Crippen LogP contribution in [-0.4, -0.2) is 67.7 Å². The van der Waals surface area contributed by atoms with Gasteiger partial charge in [-0.25, -0.2) is 0 Å². The molecule has 1 rings (SSSR count). The second kappa shape index (κ2) is 10.0. The average Bonchev–Trinajstić information content (AvgIpc) is 2.48. The Morgan fingerprint density at radius 1 is 0.852 bits per heavy atom. The summed E-state index contributed by atoms with van der Waals surface area (Å²) in [6, 6.07) is 6.01.